The lowest BCUT2D eigenvalue weighted by atomic mass is 9.97. The van der Waals surface area contributed by atoms with Crippen molar-refractivity contribution in [3.8, 4) is 0 Å². The summed E-state index contributed by atoms with van der Waals surface area (Å²) in [6, 6.07) is 11.8. The van der Waals surface area contributed by atoms with Crippen LogP contribution in [0, 0.1) is 5.92 Å². The Hall–Kier alpha value is -1.59. The second-order valence-electron chi connectivity index (χ2n) is 8.04. The van der Waals surface area contributed by atoms with Crippen molar-refractivity contribution < 1.29 is 4.74 Å². The highest BCUT2D eigenvalue weighted by Crippen LogP contribution is 2.28. The first kappa shape index (κ1) is 20.2. The molecule has 2 unspecified atom stereocenters. The quantitative estimate of drug-likeness (QED) is 0.397. The molecular formula is C22H36N4O. The Morgan fingerprint density at radius 3 is 2.74 bits per heavy atom. The maximum atomic E-state index is 5.69. The first-order valence-corrected chi connectivity index (χ1v) is 10.6. The lowest BCUT2D eigenvalue weighted by Crippen LogP contribution is -2.51. The van der Waals surface area contributed by atoms with E-state index in [1.165, 1.54) is 18.4 Å². The molecule has 1 aromatic rings. The maximum absolute atomic E-state index is 5.69. The fraction of sp³-hybridized carbons (Fsp3) is 0.682. The van der Waals surface area contributed by atoms with Crippen molar-refractivity contribution in [1.82, 2.24) is 15.5 Å². The molecule has 1 aromatic carbocycles. The van der Waals surface area contributed by atoms with Gasteiger partial charge in [-0.2, -0.15) is 0 Å². The second kappa shape index (κ2) is 10.7. The number of ether oxygens (including phenoxy) is 1. The van der Waals surface area contributed by atoms with Crippen LogP contribution in [-0.4, -0.2) is 56.3 Å². The highest BCUT2D eigenvalue weighted by atomic mass is 16.5. The number of rotatable bonds is 9. The van der Waals surface area contributed by atoms with E-state index >= 15 is 0 Å². The van der Waals surface area contributed by atoms with Crippen LogP contribution >= 0.6 is 0 Å². The monoisotopic (exact) mass is 372 g/mol. The van der Waals surface area contributed by atoms with Gasteiger partial charge < -0.3 is 15.4 Å². The van der Waals surface area contributed by atoms with Crippen LogP contribution in [0.4, 0.5) is 0 Å². The maximum Gasteiger partial charge on any atom is 0.191 e. The third-order valence-electron chi connectivity index (χ3n) is 5.62. The number of hydrogen-bond donors (Lipinski definition) is 2. The predicted octanol–water partition coefficient (Wildman–Crippen LogP) is 3.02. The topological polar surface area (TPSA) is 48.9 Å². The van der Waals surface area contributed by atoms with E-state index in [0.717, 1.165) is 64.0 Å². The summed E-state index contributed by atoms with van der Waals surface area (Å²) in [5.74, 6) is 1.77. The van der Waals surface area contributed by atoms with Crippen LogP contribution in [0.25, 0.3) is 0 Å². The summed E-state index contributed by atoms with van der Waals surface area (Å²) >= 11 is 0. The molecule has 0 bridgehead atoms. The van der Waals surface area contributed by atoms with Gasteiger partial charge in [0.2, 0.25) is 0 Å². The number of aliphatic imine (C=N–C) groups is 1. The molecule has 150 valence electrons. The minimum Gasteiger partial charge on any atom is -0.381 e. The average Bonchev–Trinajstić information content (AvgIpc) is 3.51. The van der Waals surface area contributed by atoms with Gasteiger partial charge in [0.15, 0.2) is 5.96 Å². The van der Waals surface area contributed by atoms with Crippen LogP contribution in [0.15, 0.2) is 35.3 Å². The molecule has 1 saturated carbocycles. The number of nitrogens with zero attached hydrogens (tertiary/aromatic N) is 2. The Balaban J connectivity index is 1.32. The predicted molar refractivity (Wildman–Crippen MR) is 112 cm³/mol. The van der Waals surface area contributed by atoms with Crippen molar-refractivity contribution in [3.05, 3.63) is 35.9 Å². The van der Waals surface area contributed by atoms with Crippen LogP contribution in [0.3, 0.4) is 0 Å². The normalized spacial score (nSPS) is 24.0. The zero-order valence-corrected chi connectivity index (χ0v) is 17.0. The number of hydrogen-bond acceptors (Lipinski definition) is 3. The van der Waals surface area contributed by atoms with Crippen LogP contribution < -0.4 is 10.6 Å². The first-order valence-electron chi connectivity index (χ1n) is 10.6. The van der Waals surface area contributed by atoms with Gasteiger partial charge in [-0.3, -0.25) is 9.89 Å². The molecular weight excluding hydrogens is 336 g/mol. The summed E-state index contributed by atoms with van der Waals surface area (Å²) in [6.07, 6.45) is 6.05. The number of benzene rings is 1. The van der Waals surface area contributed by atoms with Crippen LogP contribution in [0.5, 0.6) is 0 Å². The molecule has 0 spiro atoms. The first-order chi connectivity index (χ1) is 13.2. The van der Waals surface area contributed by atoms with Gasteiger partial charge in [0, 0.05) is 52.0 Å². The van der Waals surface area contributed by atoms with Crippen LogP contribution in [0.2, 0.25) is 0 Å². The number of likely N-dealkylation sites (tertiary alicyclic amines) is 1. The molecule has 2 fully saturated rings. The Bertz CT molecular complexity index is 573. The van der Waals surface area contributed by atoms with E-state index in [9.17, 15) is 0 Å². The second-order valence-corrected chi connectivity index (χ2v) is 8.04. The Morgan fingerprint density at radius 1 is 1.22 bits per heavy atom. The minimum absolute atomic E-state index is 0.490. The fourth-order valence-corrected chi connectivity index (χ4v) is 3.71. The van der Waals surface area contributed by atoms with E-state index in [4.69, 9.17) is 4.74 Å². The number of guanidine groups is 1. The van der Waals surface area contributed by atoms with Crippen LogP contribution in [-0.2, 0) is 11.3 Å². The van der Waals surface area contributed by atoms with E-state index in [1.807, 2.05) is 7.05 Å². The van der Waals surface area contributed by atoms with Gasteiger partial charge in [-0.05, 0) is 50.5 Å². The molecule has 0 amide bonds. The van der Waals surface area contributed by atoms with Gasteiger partial charge in [-0.1, -0.05) is 30.3 Å². The zero-order valence-electron chi connectivity index (χ0n) is 17.0. The van der Waals surface area contributed by atoms with Crippen molar-refractivity contribution >= 4 is 5.96 Å². The third kappa shape index (κ3) is 7.15. The SMILES string of the molecule is CN=C(NCCCOCC1CC1)NC1CCN(Cc2ccccc2)C(C)C1. The van der Waals surface area contributed by atoms with E-state index in [2.05, 4.69) is 57.8 Å². The van der Waals surface area contributed by atoms with E-state index in [0.29, 0.717) is 12.1 Å². The minimum atomic E-state index is 0.490. The van der Waals surface area contributed by atoms with Crippen molar-refractivity contribution in [2.75, 3.05) is 33.4 Å². The highest BCUT2D eigenvalue weighted by molar-refractivity contribution is 5.79. The Morgan fingerprint density at radius 2 is 2.04 bits per heavy atom. The molecule has 5 heteroatoms. The van der Waals surface area contributed by atoms with E-state index < -0.39 is 0 Å². The Labute approximate surface area is 164 Å². The van der Waals surface area contributed by atoms with Gasteiger partial charge in [0.25, 0.3) is 0 Å². The van der Waals surface area contributed by atoms with Crippen molar-refractivity contribution in [2.45, 2.75) is 57.7 Å². The summed E-state index contributed by atoms with van der Waals surface area (Å²) in [5, 5.41) is 7.04. The summed E-state index contributed by atoms with van der Waals surface area (Å²) in [6.45, 7) is 7.21. The fourth-order valence-electron chi connectivity index (χ4n) is 3.71. The average molecular weight is 373 g/mol. The standard InChI is InChI=1S/C22H36N4O/c1-18-15-21(11-13-26(18)16-19-7-4-3-5-8-19)25-22(23-2)24-12-6-14-27-17-20-9-10-20/h3-5,7-8,18,20-21H,6,9-17H2,1-2H3,(H2,23,24,25). The molecule has 0 radical (unpaired) electrons. The Kier molecular flexibility index (Phi) is 7.96. The van der Waals surface area contributed by atoms with Gasteiger partial charge in [-0.15, -0.1) is 0 Å². The third-order valence-corrected chi connectivity index (χ3v) is 5.62. The van der Waals surface area contributed by atoms with Gasteiger partial charge in [-0.25, -0.2) is 0 Å². The molecule has 3 rings (SSSR count). The smallest absolute Gasteiger partial charge is 0.191 e. The molecule has 1 saturated heterocycles. The summed E-state index contributed by atoms with van der Waals surface area (Å²) in [5.41, 5.74) is 1.40. The molecule has 1 aliphatic carbocycles. The van der Waals surface area contributed by atoms with Crippen molar-refractivity contribution in [2.24, 2.45) is 10.9 Å². The highest BCUT2D eigenvalue weighted by Gasteiger charge is 2.26. The van der Waals surface area contributed by atoms with Gasteiger partial charge >= 0.3 is 0 Å². The van der Waals surface area contributed by atoms with Gasteiger partial charge in [0.05, 0.1) is 0 Å². The van der Waals surface area contributed by atoms with Crippen molar-refractivity contribution in [3.63, 3.8) is 0 Å². The molecule has 2 atom stereocenters. The largest absolute Gasteiger partial charge is 0.381 e. The molecule has 2 N–H and O–H groups in total. The zero-order chi connectivity index (χ0) is 18.9. The number of nitrogens with one attached hydrogen (secondary N) is 2. The number of piperidine rings is 1. The lowest BCUT2D eigenvalue weighted by Gasteiger charge is -2.38. The molecule has 2 aliphatic rings. The van der Waals surface area contributed by atoms with Crippen LogP contribution in [0.1, 0.15) is 44.6 Å². The molecule has 1 aliphatic heterocycles. The molecule has 27 heavy (non-hydrogen) atoms. The molecule has 5 nitrogen and oxygen atoms in total. The summed E-state index contributed by atoms with van der Waals surface area (Å²) in [7, 11) is 1.85. The summed E-state index contributed by atoms with van der Waals surface area (Å²) in [4.78, 5) is 6.97. The van der Waals surface area contributed by atoms with E-state index in [-0.39, 0.29) is 0 Å². The lowest BCUT2D eigenvalue weighted by molar-refractivity contribution is 0.122. The van der Waals surface area contributed by atoms with Gasteiger partial charge in [0.1, 0.15) is 0 Å². The summed E-state index contributed by atoms with van der Waals surface area (Å²) < 4.78 is 5.69. The van der Waals surface area contributed by atoms with Crippen molar-refractivity contribution in [1.29, 1.82) is 0 Å². The molecule has 1 heterocycles. The molecule has 0 aromatic heterocycles. The van der Waals surface area contributed by atoms with E-state index in [1.54, 1.807) is 0 Å².